The minimum Gasteiger partial charge on any atom is -0.497 e. The van der Waals surface area contributed by atoms with Gasteiger partial charge in [-0.05, 0) is 37.0 Å². The Kier molecular flexibility index (Phi) is 10.1. The van der Waals surface area contributed by atoms with Gasteiger partial charge in [0.25, 0.3) is 5.91 Å². The van der Waals surface area contributed by atoms with Crippen molar-refractivity contribution >= 4 is 17.8 Å². The fraction of sp³-hybridized carbons (Fsp3) is 0.667. The molecule has 7 N–H and O–H groups in total. The number of hydrogen-bond donors (Lipinski definition) is 7. The average molecular weight is 570 g/mol. The molecule has 0 bridgehead atoms. The van der Waals surface area contributed by atoms with Crippen LogP contribution in [-0.4, -0.2) is 117 Å². The second-order valence-corrected chi connectivity index (χ2v) is 11.3. The second-order valence-electron chi connectivity index (χ2n) is 11.3. The highest BCUT2D eigenvalue weighted by molar-refractivity contribution is 5.87. The van der Waals surface area contributed by atoms with Gasteiger partial charge in [-0.1, -0.05) is 25.0 Å². The molecule has 1 aliphatic heterocycles. The van der Waals surface area contributed by atoms with Crippen LogP contribution in [0.3, 0.4) is 0 Å². The Labute approximate surface area is 232 Å². The highest BCUT2D eigenvalue weighted by Gasteiger charge is 2.54. The Morgan fingerprint density at radius 2 is 1.82 bits per heavy atom. The fourth-order valence-corrected chi connectivity index (χ4v) is 5.85. The summed E-state index contributed by atoms with van der Waals surface area (Å²) in [7, 11) is 4.96. The molecule has 13 nitrogen and oxygen atoms in total. The van der Waals surface area contributed by atoms with Crippen molar-refractivity contribution in [1.29, 1.82) is 0 Å². The van der Waals surface area contributed by atoms with Crippen molar-refractivity contribution in [2.75, 3.05) is 27.7 Å². The van der Waals surface area contributed by atoms with E-state index in [1.54, 1.807) is 39.4 Å². The first-order chi connectivity index (χ1) is 18.7. The molecule has 2 aliphatic rings. The van der Waals surface area contributed by atoms with Crippen LogP contribution in [0.15, 0.2) is 24.3 Å². The molecule has 2 fully saturated rings. The number of ether oxygens (including phenoxy) is 2. The number of quaternary nitrogens is 1. The molecule has 13 heteroatoms. The molecule has 1 aromatic rings. The third-order valence-electron chi connectivity index (χ3n) is 8.09. The van der Waals surface area contributed by atoms with Crippen LogP contribution in [0.25, 0.3) is 0 Å². The first-order valence-electron chi connectivity index (χ1n) is 13.4. The summed E-state index contributed by atoms with van der Waals surface area (Å²) in [6.45, 7) is 0.267. The molecule has 1 heterocycles. The van der Waals surface area contributed by atoms with Gasteiger partial charge in [0.15, 0.2) is 12.2 Å². The summed E-state index contributed by atoms with van der Waals surface area (Å²) in [4.78, 5) is 35.4. The third kappa shape index (κ3) is 6.90. The number of carbonyl (C=O) groups is 3. The molecule has 0 aromatic heterocycles. The van der Waals surface area contributed by atoms with Crippen molar-refractivity contribution in [3.63, 3.8) is 0 Å². The zero-order valence-corrected chi connectivity index (χ0v) is 23.0. The molecular formula is C27H41N2O11+. The lowest BCUT2D eigenvalue weighted by Gasteiger charge is -2.50. The normalized spacial score (nSPS) is 31.7. The van der Waals surface area contributed by atoms with Crippen LogP contribution in [0.4, 0.5) is 0 Å². The number of nitrogens with zero attached hydrogens (tertiary/aromatic N) is 1. The fourth-order valence-electron chi connectivity index (χ4n) is 5.85. The number of benzene rings is 1. The molecule has 1 saturated heterocycles. The lowest BCUT2D eigenvalue weighted by atomic mass is 9.71. The number of amides is 1. The number of carboxylic acid groups (broad SMARTS) is 2. The van der Waals surface area contributed by atoms with E-state index < -0.39 is 73.0 Å². The van der Waals surface area contributed by atoms with E-state index in [-0.39, 0.29) is 16.9 Å². The van der Waals surface area contributed by atoms with Crippen molar-refractivity contribution in [1.82, 2.24) is 5.32 Å². The molecule has 224 valence electrons. The Balaban J connectivity index is 1.83. The lowest BCUT2D eigenvalue weighted by Crippen LogP contribution is -2.70. The summed E-state index contributed by atoms with van der Waals surface area (Å²) in [6, 6.07) is 5.63. The Hall–Kier alpha value is -2.81. The SMILES string of the molecule is COc1cccc(C2(O)CCCCC2C[N+](C)(C)C2OC(C(=O)NC(CCC(=O)O)C(=O)O)C(O)C(O)C2O)c1. The van der Waals surface area contributed by atoms with Gasteiger partial charge >= 0.3 is 11.9 Å². The summed E-state index contributed by atoms with van der Waals surface area (Å²) >= 11 is 0. The van der Waals surface area contributed by atoms with E-state index in [9.17, 15) is 39.9 Å². The van der Waals surface area contributed by atoms with Crippen molar-refractivity contribution in [3.8, 4) is 5.75 Å². The number of likely N-dealkylation sites (N-methyl/N-ethyl adjacent to an activating group) is 1. The van der Waals surface area contributed by atoms with Gasteiger partial charge in [0.2, 0.25) is 6.23 Å². The molecule has 1 saturated carbocycles. The van der Waals surface area contributed by atoms with Gasteiger partial charge in [0.1, 0.15) is 24.0 Å². The first kappa shape index (κ1) is 31.7. The number of aliphatic hydroxyl groups is 4. The van der Waals surface area contributed by atoms with E-state index in [4.69, 9.17) is 14.6 Å². The maximum absolute atomic E-state index is 13.0. The van der Waals surface area contributed by atoms with Crippen LogP contribution in [0, 0.1) is 5.92 Å². The number of rotatable bonds is 11. The van der Waals surface area contributed by atoms with Crippen molar-refractivity contribution < 1.29 is 59.0 Å². The summed E-state index contributed by atoms with van der Waals surface area (Å²) in [5, 5.41) is 64.4. The van der Waals surface area contributed by atoms with Gasteiger partial charge in [-0.25, -0.2) is 4.79 Å². The second kappa shape index (κ2) is 12.8. The lowest BCUT2D eigenvalue weighted by molar-refractivity contribution is -0.948. The predicted octanol–water partition coefficient (Wildman–Crippen LogP) is -0.609. The van der Waals surface area contributed by atoms with Crippen LogP contribution in [0.2, 0.25) is 0 Å². The van der Waals surface area contributed by atoms with Crippen LogP contribution in [0.1, 0.15) is 44.1 Å². The number of methoxy groups -OCH3 is 1. The Bertz CT molecular complexity index is 1070. The number of carbonyl (C=O) groups excluding carboxylic acids is 1. The topological polar surface area (TPSA) is 203 Å². The van der Waals surface area contributed by atoms with Crippen molar-refractivity contribution in [2.24, 2.45) is 5.92 Å². The standard InChI is InChI=1S/C27H40N2O11/c1-29(2,14-16-7-4-5-12-27(16,38)15-8-6-9-17(13-15)39-3)25-22(34)20(32)21(33)23(40-25)24(35)28-18(26(36)37)10-11-19(30)31/h6,8-9,13,16,18,20-23,25,32-34,38H,4-5,7,10-12,14H2,1-3H3,(H2-,28,30,31,35,36,37)/p+1. The molecule has 0 spiro atoms. The summed E-state index contributed by atoms with van der Waals surface area (Å²) < 4.78 is 11.1. The van der Waals surface area contributed by atoms with E-state index in [2.05, 4.69) is 5.32 Å². The van der Waals surface area contributed by atoms with Crippen LogP contribution >= 0.6 is 0 Å². The highest BCUT2D eigenvalue weighted by Crippen LogP contribution is 2.44. The number of hydrogen-bond acceptors (Lipinski definition) is 9. The molecule has 40 heavy (non-hydrogen) atoms. The molecule has 1 aromatic carbocycles. The third-order valence-corrected chi connectivity index (χ3v) is 8.09. The summed E-state index contributed by atoms with van der Waals surface area (Å²) in [5.41, 5.74) is -0.522. The number of aliphatic hydroxyl groups excluding tert-OH is 3. The maximum Gasteiger partial charge on any atom is 0.326 e. The van der Waals surface area contributed by atoms with E-state index in [0.717, 1.165) is 12.8 Å². The molecule has 3 rings (SSSR count). The van der Waals surface area contributed by atoms with E-state index in [1.165, 1.54) is 0 Å². The smallest absolute Gasteiger partial charge is 0.326 e. The quantitative estimate of drug-likeness (QED) is 0.168. The summed E-state index contributed by atoms with van der Waals surface area (Å²) in [6.07, 6.45) is -6.33. The molecule has 8 unspecified atom stereocenters. The first-order valence-corrected chi connectivity index (χ1v) is 13.4. The minimum absolute atomic E-state index is 0.104. The van der Waals surface area contributed by atoms with E-state index in [0.29, 0.717) is 24.2 Å². The van der Waals surface area contributed by atoms with Crippen molar-refractivity contribution in [3.05, 3.63) is 29.8 Å². The van der Waals surface area contributed by atoms with Gasteiger partial charge in [0.05, 0.1) is 33.4 Å². The Morgan fingerprint density at radius 1 is 1.12 bits per heavy atom. The maximum atomic E-state index is 13.0. The van der Waals surface area contributed by atoms with Gasteiger partial charge in [-0.15, -0.1) is 0 Å². The number of aliphatic carboxylic acids is 2. The van der Waals surface area contributed by atoms with Gasteiger partial charge in [-0.3, -0.25) is 9.59 Å². The van der Waals surface area contributed by atoms with Crippen LogP contribution < -0.4 is 10.1 Å². The highest BCUT2D eigenvalue weighted by atomic mass is 16.6. The largest absolute Gasteiger partial charge is 0.497 e. The monoisotopic (exact) mass is 569 g/mol. The molecule has 0 radical (unpaired) electrons. The molecule has 8 atom stereocenters. The zero-order chi connectivity index (χ0) is 29.8. The van der Waals surface area contributed by atoms with Gasteiger partial charge in [-0.2, -0.15) is 0 Å². The van der Waals surface area contributed by atoms with E-state index in [1.807, 2.05) is 6.07 Å². The zero-order valence-electron chi connectivity index (χ0n) is 23.0. The van der Waals surface area contributed by atoms with Gasteiger partial charge < -0.3 is 49.9 Å². The Morgan fingerprint density at radius 3 is 2.45 bits per heavy atom. The molecule has 1 amide bonds. The number of carboxylic acids is 2. The minimum atomic E-state index is -1.87. The van der Waals surface area contributed by atoms with E-state index >= 15 is 0 Å². The summed E-state index contributed by atoms with van der Waals surface area (Å²) in [5.74, 6) is -3.48. The average Bonchev–Trinajstić information content (AvgIpc) is 2.90. The van der Waals surface area contributed by atoms with Crippen LogP contribution in [0.5, 0.6) is 5.75 Å². The predicted molar refractivity (Wildman–Crippen MR) is 139 cm³/mol. The van der Waals surface area contributed by atoms with Crippen LogP contribution in [-0.2, 0) is 24.7 Å². The van der Waals surface area contributed by atoms with Gasteiger partial charge in [0, 0.05) is 12.3 Å². The van der Waals surface area contributed by atoms with Crippen molar-refractivity contribution in [2.45, 2.75) is 80.8 Å². The molecule has 1 aliphatic carbocycles. The molecular weight excluding hydrogens is 528 g/mol. The number of nitrogens with one attached hydrogen (secondary N) is 1.